The second kappa shape index (κ2) is 8.05. The van der Waals surface area contributed by atoms with E-state index in [1.807, 2.05) is 0 Å². The zero-order chi connectivity index (χ0) is 19.3. The number of rotatable bonds is 6. The number of amides is 2. The molecular weight excluding hydrogens is 348 g/mol. The minimum atomic E-state index is -2.99. The standard InChI is InChI=1S/C17H19F2N3O4/c1-17(2,9-25-3)22-15(24)14(23)21-11-6-7-12(26-16(18)19)10-5-4-8-20-13(10)11/h4-8,16H,9H2,1-3H3,(H,21,23)(H,22,24). The molecule has 2 N–H and O–H groups in total. The van der Waals surface area contributed by atoms with Crippen molar-refractivity contribution >= 4 is 28.4 Å². The Kier molecular flexibility index (Phi) is 6.04. The van der Waals surface area contributed by atoms with E-state index in [1.54, 1.807) is 19.9 Å². The highest BCUT2D eigenvalue weighted by Crippen LogP contribution is 2.31. The number of hydrogen-bond acceptors (Lipinski definition) is 5. The molecule has 2 aromatic rings. The van der Waals surface area contributed by atoms with Gasteiger partial charge in [0, 0.05) is 18.7 Å². The van der Waals surface area contributed by atoms with Crippen LogP contribution in [0.3, 0.4) is 0 Å². The predicted octanol–water partition coefficient (Wildman–Crippen LogP) is 2.32. The number of halogens is 2. The van der Waals surface area contributed by atoms with Crippen LogP contribution in [-0.2, 0) is 14.3 Å². The zero-order valence-corrected chi connectivity index (χ0v) is 14.5. The molecule has 1 aromatic carbocycles. The van der Waals surface area contributed by atoms with E-state index >= 15 is 0 Å². The molecule has 0 aliphatic heterocycles. The maximum atomic E-state index is 12.5. The van der Waals surface area contributed by atoms with E-state index < -0.39 is 24.0 Å². The summed E-state index contributed by atoms with van der Waals surface area (Å²) in [6.07, 6.45) is 1.44. The van der Waals surface area contributed by atoms with Crippen molar-refractivity contribution in [3.63, 3.8) is 0 Å². The van der Waals surface area contributed by atoms with E-state index in [-0.39, 0.29) is 28.9 Å². The van der Waals surface area contributed by atoms with Gasteiger partial charge in [0.15, 0.2) is 0 Å². The molecule has 7 nitrogen and oxygen atoms in total. The number of carbonyl (C=O) groups excluding carboxylic acids is 2. The van der Waals surface area contributed by atoms with Crippen LogP contribution in [0.1, 0.15) is 13.8 Å². The highest BCUT2D eigenvalue weighted by Gasteiger charge is 2.25. The second-order valence-corrected chi connectivity index (χ2v) is 6.11. The molecule has 2 rings (SSSR count). The number of carbonyl (C=O) groups is 2. The van der Waals surface area contributed by atoms with E-state index in [0.717, 1.165) is 0 Å². The zero-order valence-electron chi connectivity index (χ0n) is 14.5. The molecule has 26 heavy (non-hydrogen) atoms. The summed E-state index contributed by atoms with van der Waals surface area (Å²) in [7, 11) is 1.48. The van der Waals surface area contributed by atoms with Crippen LogP contribution in [0.2, 0.25) is 0 Å². The van der Waals surface area contributed by atoms with Crippen LogP contribution in [0.5, 0.6) is 5.75 Å². The van der Waals surface area contributed by atoms with Gasteiger partial charge in [-0.05, 0) is 38.1 Å². The number of aromatic nitrogens is 1. The Morgan fingerprint density at radius 3 is 2.62 bits per heavy atom. The highest BCUT2D eigenvalue weighted by atomic mass is 19.3. The van der Waals surface area contributed by atoms with E-state index in [1.165, 1.54) is 31.5 Å². The SMILES string of the molecule is COCC(C)(C)NC(=O)C(=O)Nc1ccc(OC(F)F)c2cccnc12. The molecule has 0 saturated carbocycles. The van der Waals surface area contributed by atoms with Crippen molar-refractivity contribution in [2.75, 3.05) is 19.0 Å². The Labute approximate surface area is 148 Å². The third kappa shape index (κ3) is 4.85. The molecular formula is C17H19F2N3O4. The first-order valence-corrected chi connectivity index (χ1v) is 7.68. The Hall–Kier alpha value is -2.81. The summed E-state index contributed by atoms with van der Waals surface area (Å²) >= 11 is 0. The molecule has 0 bridgehead atoms. The van der Waals surface area contributed by atoms with Crippen LogP contribution < -0.4 is 15.4 Å². The summed E-state index contributed by atoms with van der Waals surface area (Å²) in [5.41, 5.74) is -0.312. The van der Waals surface area contributed by atoms with Crippen LogP contribution in [0.4, 0.5) is 14.5 Å². The number of methoxy groups -OCH3 is 1. The van der Waals surface area contributed by atoms with Gasteiger partial charge >= 0.3 is 18.4 Å². The Balaban J connectivity index is 2.23. The van der Waals surface area contributed by atoms with Gasteiger partial charge in [-0.15, -0.1) is 0 Å². The molecule has 1 aromatic heterocycles. The number of ether oxygens (including phenoxy) is 2. The van der Waals surface area contributed by atoms with Crippen molar-refractivity contribution in [1.82, 2.24) is 10.3 Å². The average Bonchev–Trinajstić information content (AvgIpc) is 2.56. The smallest absolute Gasteiger partial charge is 0.387 e. The van der Waals surface area contributed by atoms with Crippen molar-refractivity contribution in [2.24, 2.45) is 0 Å². The molecule has 0 fully saturated rings. The largest absolute Gasteiger partial charge is 0.434 e. The van der Waals surface area contributed by atoms with Gasteiger partial charge in [0.1, 0.15) is 5.75 Å². The summed E-state index contributed by atoms with van der Waals surface area (Å²) in [5, 5.41) is 5.26. The van der Waals surface area contributed by atoms with Gasteiger partial charge in [-0.1, -0.05) is 0 Å². The molecule has 1 heterocycles. The van der Waals surface area contributed by atoms with Crippen LogP contribution in [-0.4, -0.2) is 42.7 Å². The minimum absolute atomic E-state index is 0.0771. The number of pyridine rings is 1. The fourth-order valence-corrected chi connectivity index (χ4v) is 2.39. The van der Waals surface area contributed by atoms with Gasteiger partial charge in [0.05, 0.1) is 23.3 Å². The van der Waals surface area contributed by atoms with Gasteiger partial charge < -0.3 is 20.1 Å². The Morgan fingerprint density at radius 2 is 1.96 bits per heavy atom. The van der Waals surface area contributed by atoms with Gasteiger partial charge in [0.2, 0.25) is 0 Å². The number of benzene rings is 1. The second-order valence-electron chi connectivity index (χ2n) is 6.11. The number of hydrogen-bond donors (Lipinski definition) is 2. The first kappa shape index (κ1) is 19.5. The number of fused-ring (bicyclic) bond motifs is 1. The molecule has 0 atom stereocenters. The van der Waals surface area contributed by atoms with Crippen molar-refractivity contribution in [2.45, 2.75) is 26.0 Å². The topological polar surface area (TPSA) is 89.5 Å². The number of anilines is 1. The third-order valence-corrected chi connectivity index (χ3v) is 3.36. The fraction of sp³-hybridized carbons (Fsp3) is 0.353. The molecule has 140 valence electrons. The highest BCUT2D eigenvalue weighted by molar-refractivity contribution is 6.40. The number of nitrogens with zero attached hydrogens (tertiary/aromatic N) is 1. The fourth-order valence-electron chi connectivity index (χ4n) is 2.39. The van der Waals surface area contributed by atoms with Gasteiger partial charge in [0.25, 0.3) is 0 Å². The van der Waals surface area contributed by atoms with Crippen LogP contribution in [0.25, 0.3) is 10.9 Å². The number of alkyl halides is 2. The van der Waals surface area contributed by atoms with Crippen LogP contribution >= 0.6 is 0 Å². The van der Waals surface area contributed by atoms with Gasteiger partial charge in [-0.2, -0.15) is 8.78 Å². The number of nitrogens with one attached hydrogen (secondary N) is 2. The summed E-state index contributed by atoms with van der Waals surface area (Å²) in [4.78, 5) is 28.3. The third-order valence-electron chi connectivity index (χ3n) is 3.36. The van der Waals surface area contributed by atoms with Crippen molar-refractivity contribution in [3.05, 3.63) is 30.5 Å². The molecule has 9 heteroatoms. The Morgan fingerprint density at radius 1 is 1.23 bits per heavy atom. The molecule has 0 aliphatic carbocycles. The van der Waals surface area contributed by atoms with Gasteiger partial charge in [-0.25, -0.2) is 0 Å². The molecule has 0 spiro atoms. The molecule has 2 amide bonds. The first-order valence-electron chi connectivity index (χ1n) is 7.68. The van der Waals surface area contributed by atoms with E-state index in [2.05, 4.69) is 20.4 Å². The summed E-state index contributed by atoms with van der Waals surface area (Å²) in [6.45, 7) is 0.632. The van der Waals surface area contributed by atoms with E-state index in [0.29, 0.717) is 0 Å². The van der Waals surface area contributed by atoms with Crippen molar-refractivity contribution < 1.29 is 27.8 Å². The molecule has 0 unspecified atom stereocenters. The quantitative estimate of drug-likeness (QED) is 0.765. The summed E-state index contributed by atoms with van der Waals surface area (Å²) in [5.74, 6) is -1.85. The monoisotopic (exact) mass is 367 g/mol. The molecule has 0 aliphatic rings. The summed E-state index contributed by atoms with van der Waals surface area (Å²) in [6, 6.07) is 5.70. The lowest BCUT2D eigenvalue weighted by Crippen LogP contribution is -2.50. The van der Waals surface area contributed by atoms with Crippen molar-refractivity contribution in [1.29, 1.82) is 0 Å². The van der Waals surface area contributed by atoms with Crippen LogP contribution in [0, 0.1) is 0 Å². The maximum absolute atomic E-state index is 12.5. The minimum Gasteiger partial charge on any atom is -0.434 e. The molecule has 0 radical (unpaired) electrons. The van der Waals surface area contributed by atoms with E-state index in [4.69, 9.17) is 4.74 Å². The van der Waals surface area contributed by atoms with Gasteiger partial charge in [-0.3, -0.25) is 14.6 Å². The Bertz CT molecular complexity index is 812. The van der Waals surface area contributed by atoms with Crippen LogP contribution in [0.15, 0.2) is 30.5 Å². The van der Waals surface area contributed by atoms with Crippen molar-refractivity contribution in [3.8, 4) is 5.75 Å². The van der Waals surface area contributed by atoms with E-state index in [9.17, 15) is 18.4 Å². The average molecular weight is 367 g/mol. The first-order chi connectivity index (χ1) is 12.2. The predicted molar refractivity (Wildman–Crippen MR) is 91.1 cm³/mol. The normalized spacial score (nSPS) is 11.5. The maximum Gasteiger partial charge on any atom is 0.387 e. The lowest BCUT2D eigenvalue weighted by molar-refractivity contribution is -0.137. The lowest BCUT2D eigenvalue weighted by atomic mass is 10.1. The summed E-state index contributed by atoms with van der Waals surface area (Å²) < 4.78 is 34.4. The lowest BCUT2D eigenvalue weighted by Gasteiger charge is -2.24. The molecule has 0 saturated heterocycles.